The Balaban J connectivity index is 1.73. The van der Waals surface area contributed by atoms with Crippen LogP contribution >= 0.6 is 11.6 Å². The molecule has 2 aliphatic heterocycles. The number of anilines is 1. The third-order valence-electron chi connectivity index (χ3n) is 4.05. The van der Waals surface area contributed by atoms with Gasteiger partial charge < -0.3 is 4.84 Å². The van der Waals surface area contributed by atoms with E-state index in [0.29, 0.717) is 22.0 Å². The van der Waals surface area contributed by atoms with Crippen LogP contribution in [0.15, 0.2) is 53.7 Å². The molecule has 2 aromatic carbocycles. The van der Waals surface area contributed by atoms with Gasteiger partial charge >= 0.3 is 0 Å². The molecule has 0 bridgehead atoms. The number of hydrogen-bond donors (Lipinski definition) is 0. The van der Waals surface area contributed by atoms with Crippen LogP contribution in [-0.4, -0.2) is 23.6 Å². The first-order chi connectivity index (χ1) is 11.6. The summed E-state index contributed by atoms with van der Waals surface area (Å²) in [7, 11) is 0. The Kier molecular flexibility index (Phi) is 3.35. The summed E-state index contributed by atoms with van der Waals surface area (Å²) in [6.45, 7) is 0. The first kappa shape index (κ1) is 14.8. The van der Waals surface area contributed by atoms with Crippen LogP contribution in [0, 0.1) is 11.7 Å². The van der Waals surface area contributed by atoms with E-state index in [1.54, 1.807) is 24.3 Å². The lowest BCUT2D eigenvalue weighted by Crippen LogP contribution is -2.33. The molecule has 0 aromatic heterocycles. The zero-order valence-corrected chi connectivity index (χ0v) is 12.9. The second-order valence-corrected chi connectivity index (χ2v) is 5.86. The van der Waals surface area contributed by atoms with Crippen molar-refractivity contribution in [1.82, 2.24) is 0 Å². The number of halogens is 2. The van der Waals surface area contributed by atoms with Crippen LogP contribution in [0.1, 0.15) is 5.56 Å². The Morgan fingerprint density at radius 1 is 1.04 bits per heavy atom. The molecule has 0 aliphatic carbocycles. The van der Waals surface area contributed by atoms with Crippen molar-refractivity contribution in [1.29, 1.82) is 0 Å². The fourth-order valence-electron chi connectivity index (χ4n) is 2.91. The van der Waals surface area contributed by atoms with Gasteiger partial charge in [-0.3, -0.25) is 9.59 Å². The minimum absolute atomic E-state index is 0.294. The molecule has 1 saturated heterocycles. The molecule has 24 heavy (non-hydrogen) atoms. The second kappa shape index (κ2) is 5.42. The van der Waals surface area contributed by atoms with Gasteiger partial charge in [-0.2, -0.15) is 0 Å². The summed E-state index contributed by atoms with van der Waals surface area (Å²) in [4.78, 5) is 31.5. The normalized spacial score (nSPS) is 22.4. The van der Waals surface area contributed by atoms with Crippen molar-refractivity contribution < 1.29 is 18.8 Å². The van der Waals surface area contributed by atoms with Crippen LogP contribution in [0.4, 0.5) is 10.1 Å². The largest absolute Gasteiger partial charge is 0.381 e. The van der Waals surface area contributed by atoms with Crippen molar-refractivity contribution >= 4 is 34.8 Å². The van der Waals surface area contributed by atoms with Gasteiger partial charge in [0, 0.05) is 10.6 Å². The first-order valence-corrected chi connectivity index (χ1v) is 7.57. The lowest BCUT2D eigenvalue weighted by molar-refractivity contribution is -0.126. The quantitative estimate of drug-likeness (QED) is 0.787. The van der Waals surface area contributed by atoms with Gasteiger partial charge in [0.2, 0.25) is 12.0 Å². The minimum Gasteiger partial charge on any atom is -0.381 e. The van der Waals surface area contributed by atoms with E-state index in [0.717, 1.165) is 4.90 Å². The fraction of sp³-hybridized carbons (Fsp3) is 0.118. The maximum atomic E-state index is 13.1. The maximum Gasteiger partial charge on any atom is 0.278 e. The third-order valence-corrected chi connectivity index (χ3v) is 4.38. The van der Waals surface area contributed by atoms with Gasteiger partial charge in [-0.25, -0.2) is 9.29 Å². The van der Waals surface area contributed by atoms with Crippen molar-refractivity contribution in [3.05, 3.63) is 64.9 Å². The van der Waals surface area contributed by atoms with Crippen LogP contribution in [0.3, 0.4) is 0 Å². The van der Waals surface area contributed by atoms with Gasteiger partial charge in [0.25, 0.3) is 5.91 Å². The Morgan fingerprint density at radius 2 is 1.75 bits per heavy atom. The zero-order chi connectivity index (χ0) is 16.8. The fourth-order valence-corrected chi connectivity index (χ4v) is 3.15. The predicted octanol–water partition coefficient (Wildman–Crippen LogP) is 2.77. The highest BCUT2D eigenvalue weighted by atomic mass is 35.5. The molecule has 120 valence electrons. The molecule has 0 unspecified atom stereocenters. The van der Waals surface area contributed by atoms with E-state index in [2.05, 4.69) is 5.16 Å². The summed E-state index contributed by atoms with van der Waals surface area (Å²) < 4.78 is 13.1. The molecule has 1 fully saturated rings. The Hall–Kier alpha value is -2.73. The average Bonchev–Trinajstić information content (AvgIpc) is 3.10. The lowest BCUT2D eigenvalue weighted by Gasteiger charge is -2.15. The van der Waals surface area contributed by atoms with Crippen LogP contribution in [0.5, 0.6) is 0 Å². The molecule has 0 N–H and O–H groups in total. The number of rotatable bonds is 2. The van der Waals surface area contributed by atoms with E-state index >= 15 is 0 Å². The van der Waals surface area contributed by atoms with Gasteiger partial charge in [0.1, 0.15) is 17.4 Å². The number of oxime groups is 1. The highest BCUT2D eigenvalue weighted by Crippen LogP contribution is 2.36. The number of benzene rings is 2. The summed E-state index contributed by atoms with van der Waals surface area (Å²) in [6.07, 6.45) is -1.02. The second-order valence-electron chi connectivity index (χ2n) is 5.45. The summed E-state index contributed by atoms with van der Waals surface area (Å²) in [6, 6.07) is 12.0. The maximum absolute atomic E-state index is 13.1. The molecule has 2 aliphatic rings. The van der Waals surface area contributed by atoms with Crippen LogP contribution in [0.2, 0.25) is 5.02 Å². The van der Waals surface area contributed by atoms with Crippen molar-refractivity contribution in [2.45, 2.75) is 6.10 Å². The van der Waals surface area contributed by atoms with E-state index < -0.39 is 29.7 Å². The van der Waals surface area contributed by atoms with Gasteiger partial charge in [-0.05, 0) is 30.3 Å². The van der Waals surface area contributed by atoms with E-state index in [1.807, 2.05) is 0 Å². The van der Waals surface area contributed by atoms with Crippen molar-refractivity contribution in [2.75, 3.05) is 4.90 Å². The summed E-state index contributed by atoms with van der Waals surface area (Å²) in [5, 5.41) is 4.32. The molecular weight excluding hydrogens is 335 g/mol. The van der Waals surface area contributed by atoms with Crippen LogP contribution < -0.4 is 4.90 Å². The summed E-state index contributed by atoms with van der Waals surface area (Å²) in [5.41, 5.74) is 1.17. The average molecular weight is 345 g/mol. The first-order valence-electron chi connectivity index (χ1n) is 7.20. The molecule has 2 aromatic rings. The van der Waals surface area contributed by atoms with E-state index in [-0.39, 0.29) is 0 Å². The molecule has 0 saturated carbocycles. The zero-order valence-electron chi connectivity index (χ0n) is 12.1. The Labute approximate surface area is 141 Å². The van der Waals surface area contributed by atoms with Crippen molar-refractivity contribution in [2.24, 2.45) is 11.1 Å². The number of hydrogen-bond acceptors (Lipinski definition) is 4. The molecule has 2 amide bonds. The Morgan fingerprint density at radius 3 is 2.46 bits per heavy atom. The molecule has 7 heteroatoms. The van der Waals surface area contributed by atoms with Gasteiger partial charge in [0.15, 0.2) is 0 Å². The number of carbonyl (C=O) groups excluding carboxylic acids is 2. The Bertz CT molecular complexity index is 882. The highest BCUT2D eigenvalue weighted by Gasteiger charge is 2.56. The highest BCUT2D eigenvalue weighted by molar-refractivity contribution is 6.38. The van der Waals surface area contributed by atoms with Crippen molar-refractivity contribution in [3.63, 3.8) is 0 Å². The van der Waals surface area contributed by atoms with Gasteiger partial charge in [-0.15, -0.1) is 0 Å². The molecule has 5 nitrogen and oxygen atoms in total. The number of amides is 2. The monoisotopic (exact) mass is 344 g/mol. The number of carbonyl (C=O) groups is 2. The summed E-state index contributed by atoms with van der Waals surface area (Å²) in [5.74, 6) is -2.30. The standard InChI is InChI=1S/C17H10ClFN2O3/c18-12-4-2-1-3-11(12)14-13-15(24-20-14)17(23)21(16(13)22)10-7-5-9(19)6-8-10/h1-8,13,15H/t13-,15+/m1/s1. The van der Waals surface area contributed by atoms with E-state index in [4.69, 9.17) is 16.4 Å². The minimum atomic E-state index is -1.02. The van der Waals surface area contributed by atoms with Crippen LogP contribution in [-0.2, 0) is 14.4 Å². The van der Waals surface area contributed by atoms with E-state index in [1.165, 1.54) is 24.3 Å². The third kappa shape index (κ3) is 2.11. The lowest BCUT2D eigenvalue weighted by atomic mass is 9.94. The topological polar surface area (TPSA) is 59.0 Å². The number of nitrogens with zero attached hydrogens (tertiary/aromatic N) is 2. The summed E-state index contributed by atoms with van der Waals surface area (Å²) >= 11 is 6.16. The van der Waals surface area contributed by atoms with Gasteiger partial charge in [-0.1, -0.05) is 35.0 Å². The number of imide groups is 1. The molecule has 0 spiro atoms. The SMILES string of the molecule is O=C1[C@@H]2C(c3ccccc3Cl)=NO[C@@H]2C(=O)N1c1ccc(F)cc1. The molecular formula is C17H10ClFN2O3. The molecule has 0 radical (unpaired) electrons. The smallest absolute Gasteiger partial charge is 0.278 e. The van der Waals surface area contributed by atoms with E-state index in [9.17, 15) is 14.0 Å². The predicted molar refractivity (Wildman–Crippen MR) is 85.2 cm³/mol. The molecule has 2 atom stereocenters. The molecule has 4 rings (SSSR count). The van der Waals surface area contributed by atoms with Crippen LogP contribution in [0.25, 0.3) is 0 Å². The van der Waals surface area contributed by atoms with Gasteiger partial charge in [0.05, 0.1) is 5.69 Å². The van der Waals surface area contributed by atoms with Crippen molar-refractivity contribution in [3.8, 4) is 0 Å². The molecule has 2 heterocycles. The number of fused-ring (bicyclic) bond motifs is 1.